The van der Waals surface area contributed by atoms with Gasteiger partial charge in [-0.1, -0.05) is 20.8 Å². The summed E-state index contributed by atoms with van der Waals surface area (Å²) >= 11 is 0. The van der Waals surface area contributed by atoms with Crippen molar-refractivity contribution < 1.29 is 13.2 Å². The van der Waals surface area contributed by atoms with Crippen molar-refractivity contribution in [3.63, 3.8) is 0 Å². The SMILES string of the molecule is CCCS(=O)(=O)CCC(CNCCOC)CC(C)C. The first-order valence-electron chi connectivity index (χ1n) is 7.31. The van der Waals surface area contributed by atoms with Crippen molar-refractivity contribution in [3.05, 3.63) is 0 Å². The molecule has 1 atom stereocenters. The lowest BCUT2D eigenvalue weighted by Gasteiger charge is -2.19. The summed E-state index contributed by atoms with van der Waals surface area (Å²) in [5.74, 6) is 1.68. The van der Waals surface area contributed by atoms with Gasteiger partial charge in [0.1, 0.15) is 9.84 Å². The lowest BCUT2D eigenvalue weighted by atomic mass is 9.95. The number of ether oxygens (including phenoxy) is 1. The topological polar surface area (TPSA) is 55.4 Å². The van der Waals surface area contributed by atoms with Gasteiger partial charge in [-0.05, 0) is 37.6 Å². The van der Waals surface area contributed by atoms with Gasteiger partial charge in [0.05, 0.1) is 12.4 Å². The van der Waals surface area contributed by atoms with Gasteiger partial charge < -0.3 is 10.1 Å². The Balaban J connectivity index is 4.12. The summed E-state index contributed by atoms with van der Waals surface area (Å²) < 4.78 is 28.5. The van der Waals surface area contributed by atoms with E-state index in [4.69, 9.17) is 4.74 Å². The van der Waals surface area contributed by atoms with Crippen LogP contribution in [-0.4, -0.2) is 46.7 Å². The molecule has 4 nitrogen and oxygen atoms in total. The van der Waals surface area contributed by atoms with Gasteiger partial charge in [-0.15, -0.1) is 0 Å². The highest BCUT2D eigenvalue weighted by Crippen LogP contribution is 2.16. The summed E-state index contributed by atoms with van der Waals surface area (Å²) in [5, 5.41) is 3.34. The van der Waals surface area contributed by atoms with Gasteiger partial charge in [-0.2, -0.15) is 0 Å². The summed E-state index contributed by atoms with van der Waals surface area (Å²) in [7, 11) is -1.17. The molecule has 0 aliphatic rings. The molecule has 116 valence electrons. The highest BCUT2D eigenvalue weighted by molar-refractivity contribution is 7.91. The van der Waals surface area contributed by atoms with Crippen LogP contribution in [0.25, 0.3) is 0 Å². The van der Waals surface area contributed by atoms with E-state index in [1.165, 1.54) is 0 Å². The number of rotatable bonds is 12. The Morgan fingerprint density at radius 1 is 1.21 bits per heavy atom. The first-order chi connectivity index (χ1) is 8.91. The molecule has 0 bridgehead atoms. The van der Waals surface area contributed by atoms with Gasteiger partial charge in [-0.3, -0.25) is 0 Å². The standard InChI is InChI=1S/C14H31NO3S/c1-5-9-19(16,17)10-6-14(11-13(2)3)12-15-7-8-18-4/h13-15H,5-12H2,1-4H3. The highest BCUT2D eigenvalue weighted by atomic mass is 32.2. The predicted octanol–water partition coefficient (Wildman–Crippen LogP) is 2.10. The summed E-state index contributed by atoms with van der Waals surface area (Å²) in [5.41, 5.74) is 0. The van der Waals surface area contributed by atoms with E-state index in [1.807, 2.05) is 6.92 Å². The Labute approximate surface area is 119 Å². The molecule has 0 spiro atoms. The molecule has 0 aromatic carbocycles. The van der Waals surface area contributed by atoms with Crippen LogP contribution in [0.15, 0.2) is 0 Å². The zero-order valence-corrected chi connectivity index (χ0v) is 13.8. The summed E-state index contributed by atoms with van der Waals surface area (Å²) in [4.78, 5) is 0. The van der Waals surface area contributed by atoms with Crippen LogP contribution in [-0.2, 0) is 14.6 Å². The van der Waals surface area contributed by atoms with E-state index in [9.17, 15) is 8.42 Å². The van der Waals surface area contributed by atoms with Gasteiger partial charge in [0, 0.05) is 19.4 Å². The molecule has 0 radical (unpaired) electrons. The number of hydrogen-bond donors (Lipinski definition) is 1. The van der Waals surface area contributed by atoms with E-state index in [1.54, 1.807) is 7.11 Å². The first-order valence-corrected chi connectivity index (χ1v) is 9.13. The quantitative estimate of drug-likeness (QED) is 0.560. The lowest BCUT2D eigenvalue weighted by molar-refractivity contribution is 0.197. The zero-order valence-electron chi connectivity index (χ0n) is 12.9. The minimum atomic E-state index is -2.85. The molecule has 0 aliphatic heterocycles. The van der Waals surface area contributed by atoms with Crippen LogP contribution in [0.3, 0.4) is 0 Å². The monoisotopic (exact) mass is 293 g/mol. The van der Waals surface area contributed by atoms with Crippen LogP contribution >= 0.6 is 0 Å². The molecule has 0 aromatic rings. The molecule has 0 aliphatic carbocycles. The van der Waals surface area contributed by atoms with Crippen LogP contribution in [0, 0.1) is 11.8 Å². The molecule has 0 rings (SSSR count). The minimum Gasteiger partial charge on any atom is -0.383 e. The fourth-order valence-electron chi connectivity index (χ4n) is 2.21. The maximum atomic E-state index is 11.8. The molecule has 1 N–H and O–H groups in total. The molecule has 0 saturated carbocycles. The van der Waals surface area contributed by atoms with Gasteiger partial charge in [0.25, 0.3) is 0 Å². The van der Waals surface area contributed by atoms with Crippen molar-refractivity contribution in [1.82, 2.24) is 5.32 Å². The third kappa shape index (κ3) is 11.4. The molecule has 0 aromatic heterocycles. The van der Waals surface area contributed by atoms with Crippen LogP contribution in [0.4, 0.5) is 0 Å². The van der Waals surface area contributed by atoms with Crippen molar-refractivity contribution in [3.8, 4) is 0 Å². The van der Waals surface area contributed by atoms with Crippen molar-refractivity contribution in [2.45, 2.75) is 40.0 Å². The predicted molar refractivity (Wildman–Crippen MR) is 81.3 cm³/mol. The fraction of sp³-hybridized carbons (Fsp3) is 1.00. The van der Waals surface area contributed by atoms with Crippen molar-refractivity contribution in [2.24, 2.45) is 11.8 Å². The molecule has 1 unspecified atom stereocenters. The van der Waals surface area contributed by atoms with E-state index in [-0.39, 0.29) is 0 Å². The van der Waals surface area contributed by atoms with Crippen molar-refractivity contribution in [2.75, 3.05) is 38.3 Å². The third-order valence-corrected chi connectivity index (χ3v) is 4.96. The van der Waals surface area contributed by atoms with E-state index in [0.29, 0.717) is 36.4 Å². The molecule has 5 heteroatoms. The van der Waals surface area contributed by atoms with Crippen LogP contribution in [0.2, 0.25) is 0 Å². The first kappa shape index (κ1) is 18.9. The van der Waals surface area contributed by atoms with Crippen LogP contribution < -0.4 is 5.32 Å². The molecule has 0 fully saturated rings. The molecule has 0 saturated heterocycles. The molecule has 0 amide bonds. The second-order valence-electron chi connectivity index (χ2n) is 5.63. The molecular formula is C14H31NO3S. The smallest absolute Gasteiger partial charge is 0.150 e. The Bertz CT molecular complexity index is 302. The highest BCUT2D eigenvalue weighted by Gasteiger charge is 2.16. The average molecular weight is 293 g/mol. The zero-order chi connectivity index (χ0) is 14.7. The summed E-state index contributed by atoms with van der Waals surface area (Å²) in [6.45, 7) is 8.68. The van der Waals surface area contributed by atoms with Gasteiger partial charge in [0.2, 0.25) is 0 Å². The normalized spacial score (nSPS) is 13.9. The van der Waals surface area contributed by atoms with Gasteiger partial charge in [-0.25, -0.2) is 8.42 Å². The number of hydrogen-bond acceptors (Lipinski definition) is 4. The summed E-state index contributed by atoms with van der Waals surface area (Å²) in [6.07, 6.45) is 2.55. The Morgan fingerprint density at radius 3 is 2.42 bits per heavy atom. The van der Waals surface area contributed by atoms with Crippen LogP contribution in [0.5, 0.6) is 0 Å². The lowest BCUT2D eigenvalue weighted by Crippen LogP contribution is -2.28. The Morgan fingerprint density at radius 2 is 1.89 bits per heavy atom. The van der Waals surface area contributed by atoms with Gasteiger partial charge in [0.15, 0.2) is 0 Å². The van der Waals surface area contributed by atoms with E-state index >= 15 is 0 Å². The van der Waals surface area contributed by atoms with Gasteiger partial charge >= 0.3 is 0 Å². The number of sulfone groups is 1. The average Bonchev–Trinajstić information content (AvgIpc) is 2.30. The van der Waals surface area contributed by atoms with Crippen molar-refractivity contribution >= 4 is 9.84 Å². The molecule has 0 heterocycles. The maximum Gasteiger partial charge on any atom is 0.150 e. The summed E-state index contributed by atoms with van der Waals surface area (Å²) in [6, 6.07) is 0. The Kier molecular flexibility index (Phi) is 10.6. The fourth-order valence-corrected chi connectivity index (χ4v) is 3.73. The van der Waals surface area contributed by atoms with E-state index < -0.39 is 9.84 Å². The second kappa shape index (κ2) is 10.6. The second-order valence-corrected chi connectivity index (χ2v) is 7.94. The number of nitrogens with one attached hydrogen (secondary N) is 1. The van der Waals surface area contributed by atoms with Crippen LogP contribution in [0.1, 0.15) is 40.0 Å². The van der Waals surface area contributed by atoms with Crippen molar-refractivity contribution in [1.29, 1.82) is 0 Å². The molecular weight excluding hydrogens is 262 g/mol. The number of methoxy groups -OCH3 is 1. The van der Waals surface area contributed by atoms with E-state index in [0.717, 1.165) is 25.9 Å². The third-order valence-electron chi connectivity index (χ3n) is 3.07. The maximum absolute atomic E-state index is 11.8. The minimum absolute atomic E-state index is 0.318. The Hall–Kier alpha value is -0.130. The molecule has 19 heavy (non-hydrogen) atoms. The van der Waals surface area contributed by atoms with E-state index in [2.05, 4.69) is 19.2 Å². The largest absolute Gasteiger partial charge is 0.383 e.